The van der Waals surface area contributed by atoms with E-state index in [1.807, 2.05) is 10.6 Å². The van der Waals surface area contributed by atoms with Gasteiger partial charge in [-0.3, -0.25) is 4.57 Å². The second-order valence-corrected chi connectivity index (χ2v) is 4.90. The van der Waals surface area contributed by atoms with Gasteiger partial charge < -0.3 is 4.74 Å². The second kappa shape index (κ2) is 4.41. The lowest BCUT2D eigenvalue weighted by atomic mass is 10.3. The molecule has 0 unspecified atom stereocenters. The van der Waals surface area contributed by atoms with Crippen LogP contribution >= 0.6 is 11.8 Å². The predicted octanol–water partition coefficient (Wildman–Crippen LogP) is 2.66. The number of aromatic nitrogens is 3. The largest absolute Gasteiger partial charge is 0.494 e. The first-order chi connectivity index (χ1) is 8.38. The standard InChI is InChI=1S/C12H13N3OS/c1-2-5-16-9-3-4-10-11(6-9)17-7-12-14-13-8-15(10)12/h3-4,6,8H,2,5,7H2,1H3. The van der Waals surface area contributed by atoms with Crippen molar-refractivity contribution in [2.24, 2.45) is 0 Å². The third-order valence-electron chi connectivity index (χ3n) is 2.64. The molecule has 1 aromatic carbocycles. The van der Waals surface area contributed by atoms with Crippen molar-refractivity contribution in [3.63, 3.8) is 0 Å². The summed E-state index contributed by atoms with van der Waals surface area (Å²) in [6.45, 7) is 2.87. The minimum absolute atomic E-state index is 0.765. The van der Waals surface area contributed by atoms with Crippen molar-refractivity contribution in [3.05, 3.63) is 30.4 Å². The third kappa shape index (κ3) is 1.91. The SMILES string of the molecule is CCCOc1ccc2c(c1)SCc1nncn1-2. The van der Waals surface area contributed by atoms with Gasteiger partial charge in [0, 0.05) is 4.90 Å². The molecule has 1 aliphatic heterocycles. The molecule has 1 aromatic heterocycles. The van der Waals surface area contributed by atoms with Crippen LogP contribution in [-0.2, 0) is 5.75 Å². The number of benzene rings is 1. The zero-order valence-corrected chi connectivity index (χ0v) is 10.4. The van der Waals surface area contributed by atoms with Gasteiger partial charge in [-0.2, -0.15) is 0 Å². The normalized spacial score (nSPS) is 13.0. The molecule has 17 heavy (non-hydrogen) atoms. The molecule has 0 fully saturated rings. The van der Waals surface area contributed by atoms with Crippen molar-refractivity contribution in [2.45, 2.75) is 24.0 Å². The minimum atomic E-state index is 0.765. The molecule has 0 radical (unpaired) electrons. The van der Waals surface area contributed by atoms with E-state index < -0.39 is 0 Å². The lowest BCUT2D eigenvalue weighted by Crippen LogP contribution is -2.06. The number of hydrogen-bond acceptors (Lipinski definition) is 4. The van der Waals surface area contributed by atoms with Crippen molar-refractivity contribution in [2.75, 3.05) is 6.61 Å². The van der Waals surface area contributed by atoms with Gasteiger partial charge in [0.05, 0.1) is 18.0 Å². The predicted molar refractivity (Wildman–Crippen MR) is 66.7 cm³/mol. The van der Waals surface area contributed by atoms with Crippen molar-refractivity contribution >= 4 is 11.8 Å². The molecule has 88 valence electrons. The van der Waals surface area contributed by atoms with E-state index in [0.29, 0.717) is 0 Å². The van der Waals surface area contributed by atoms with E-state index in [-0.39, 0.29) is 0 Å². The van der Waals surface area contributed by atoms with E-state index in [9.17, 15) is 0 Å². The molecule has 4 nitrogen and oxygen atoms in total. The van der Waals surface area contributed by atoms with Crippen molar-refractivity contribution in [1.29, 1.82) is 0 Å². The Balaban J connectivity index is 1.96. The lowest BCUT2D eigenvalue weighted by molar-refractivity contribution is 0.316. The first-order valence-corrected chi connectivity index (χ1v) is 6.66. The van der Waals surface area contributed by atoms with Crippen LogP contribution in [0.1, 0.15) is 19.2 Å². The number of hydrogen-bond donors (Lipinski definition) is 0. The zero-order chi connectivity index (χ0) is 11.7. The molecule has 0 spiro atoms. The molecule has 2 aromatic rings. The smallest absolute Gasteiger partial charge is 0.147 e. The van der Waals surface area contributed by atoms with Crippen molar-refractivity contribution in [3.8, 4) is 11.4 Å². The lowest BCUT2D eigenvalue weighted by Gasteiger charge is -2.17. The van der Waals surface area contributed by atoms with Crippen LogP contribution in [0.4, 0.5) is 0 Å². The van der Waals surface area contributed by atoms with Crippen molar-refractivity contribution in [1.82, 2.24) is 14.8 Å². The topological polar surface area (TPSA) is 39.9 Å². The Bertz CT molecular complexity index is 538. The fourth-order valence-electron chi connectivity index (χ4n) is 1.82. The second-order valence-electron chi connectivity index (χ2n) is 3.88. The van der Waals surface area contributed by atoms with Gasteiger partial charge in [-0.25, -0.2) is 0 Å². The molecule has 1 aliphatic rings. The Hall–Kier alpha value is -1.49. The Labute approximate surface area is 104 Å². The molecular weight excluding hydrogens is 234 g/mol. The summed E-state index contributed by atoms with van der Waals surface area (Å²) in [6.07, 6.45) is 2.79. The van der Waals surface area contributed by atoms with Crippen LogP contribution in [-0.4, -0.2) is 21.4 Å². The monoisotopic (exact) mass is 247 g/mol. The Morgan fingerprint density at radius 2 is 2.41 bits per heavy atom. The summed E-state index contributed by atoms with van der Waals surface area (Å²) in [5.74, 6) is 2.81. The molecular formula is C12H13N3OS. The van der Waals surface area contributed by atoms with Crippen LogP contribution in [0.2, 0.25) is 0 Å². The van der Waals surface area contributed by atoms with E-state index in [2.05, 4.69) is 29.3 Å². The molecule has 0 saturated heterocycles. The number of ether oxygens (including phenoxy) is 1. The van der Waals surface area contributed by atoms with Crippen molar-refractivity contribution < 1.29 is 4.74 Å². The quantitative estimate of drug-likeness (QED) is 0.836. The molecule has 0 N–H and O–H groups in total. The molecule has 5 heteroatoms. The maximum atomic E-state index is 5.64. The number of thioether (sulfide) groups is 1. The summed E-state index contributed by atoms with van der Waals surface area (Å²) in [6, 6.07) is 6.17. The molecule has 3 rings (SSSR count). The fourth-order valence-corrected chi connectivity index (χ4v) is 2.81. The van der Waals surface area contributed by atoms with Gasteiger partial charge in [-0.05, 0) is 24.6 Å². The summed E-state index contributed by atoms with van der Waals surface area (Å²) in [5.41, 5.74) is 1.14. The molecule has 2 heterocycles. The first-order valence-electron chi connectivity index (χ1n) is 5.67. The highest BCUT2D eigenvalue weighted by Gasteiger charge is 2.17. The molecule has 0 amide bonds. The molecule has 0 bridgehead atoms. The van der Waals surface area contributed by atoms with E-state index in [1.54, 1.807) is 18.1 Å². The highest BCUT2D eigenvalue weighted by molar-refractivity contribution is 7.98. The average Bonchev–Trinajstić information content (AvgIpc) is 2.84. The van der Waals surface area contributed by atoms with Crippen LogP contribution in [0, 0.1) is 0 Å². The van der Waals surface area contributed by atoms with Gasteiger partial charge in [0.2, 0.25) is 0 Å². The van der Waals surface area contributed by atoms with Gasteiger partial charge in [-0.1, -0.05) is 6.92 Å². The van der Waals surface area contributed by atoms with E-state index in [0.717, 1.165) is 36.0 Å². The van der Waals surface area contributed by atoms with E-state index in [4.69, 9.17) is 4.74 Å². The highest BCUT2D eigenvalue weighted by Crippen LogP contribution is 2.36. The Kier molecular flexibility index (Phi) is 2.76. The summed E-state index contributed by atoms with van der Waals surface area (Å²) in [5, 5.41) is 8.03. The number of fused-ring (bicyclic) bond motifs is 3. The number of rotatable bonds is 3. The zero-order valence-electron chi connectivity index (χ0n) is 9.59. The van der Waals surface area contributed by atoms with Gasteiger partial charge in [0.1, 0.15) is 17.9 Å². The average molecular weight is 247 g/mol. The van der Waals surface area contributed by atoms with Crippen LogP contribution in [0.15, 0.2) is 29.4 Å². The van der Waals surface area contributed by atoms with Gasteiger partial charge in [-0.15, -0.1) is 22.0 Å². The number of nitrogens with zero attached hydrogens (tertiary/aromatic N) is 3. The fraction of sp³-hybridized carbons (Fsp3) is 0.333. The van der Waals surface area contributed by atoms with Gasteiger partial charge in [0.25, 0.3) is 0 Å². The molecule has 0 atom stereocenters. The summed E-state index contributed by atoms with van der Waals surface area (Å²) < 4.78 is 7.67. The maximum absolute atomic E-state index is 5.64. The third-order valence-corrected chi connectivity index (χ3v) is 3.68. The Morgan fingerprint density at radius 1 is 1.47 bits per heavy atom. The molecule has 0 aliphatic carbocycles. The minimum Gasteiger partial charge on any atom is -0.494 e. The Morgan fingerprint density at radius 3 is 3.29 bits per heavy atom. The van der Waals surface area contributed by atoms with Crippen LogP contribution in [0.25, 0.3) is 5.69 Å². The summed E-state index contributed by atoms with van der Waals surface area (Å²) in [4.78, 5) is 1.23. The maximum Gasteiger partial charge on any atom is 0.147 e. The van der Waals surface area contributed by atoms with Gasteiger partial charge in [0.15, 0.2) is 0 Å². The highest BCUT2D eigenvalue weighted by atomic mass is 32.2. The summed E-state index contributed by atoms with van der Waals surface area (Å²) >= 11 is 1.78. The summed E-state index contributed by atoms with van der Waals surface area (Å²) in [7, 11) is 0. The van der Waals surface area contributed by atoms with Crippen LogP contribution in [0.5, 0.6) is 5.75 Å². The molecule has 0 saturated carbocycles. The van der Waals surface area contributed by atoms with Crippen LogP contribution < -0.4 is 4.74 Å². The van der Waals surface area contributed by atoms with E-state index in [1.165, 1.54) is 4.90 Å². The van der Waals surface area contributed by atoms with E-state index >= 15 is 0 Å². The first kappa shape index (κ1) is 10.7. The van der Waals surface area contributed by atoms with Crippen LogP contribution in [0.3, 0.4) is 0 Å². The van der Waals surface area contributed by atoms with Gasteiger partial charge >= 0.3 is 0 Å².